The second-order valence-electron chi connectivity index (χ2n) is 7.85. The van der Waals surface area contributed by atoms with Crippen LogP contribution in [0.15, 0.2) is 36.4 Å². The van der Waals surface area contributed by atoms with E-state index in [-0.39, 0.29) is 11.9 Å². The number of nitrogen functional groups attached to an aromatic ring is 2. The summed E-state index contributed by atoms with van der Waals surface area (Å²) < 4.78 is 6.08. The molecular weight excluding hydrogens is 348 g/mol. The number of ether oxygens (including phenoxy) is 1. The van der Waals surface area contributed by atoms with E-state index in [1.165, 1.54) is 33.0 Å². The first kappa shape index (κ1) is 15.7. The second-order valence-corrected chi connectivity index (χ2v) is 7.85. The lowest BCUT2D eigenvalue weighted by molar-refractivity contribution is 0.340. The minimum atomic E-state index is 0.183. The van der Waals surface area contributed by atoms with E-state index >= 15 is 0 Å². The molecule has 0 amide bonds. The van der Waals surface area contributed by atoms with Crippen LogP contribution < -0.4 is 16.2 Å². The summed E-state index contributed by atoms with van der Waals surface area (Å²) in [7, 11) is 0. The maximum atomic E-state index is 6.19. The van der Waals surface area contributed by atoms with Crippen molar-refractivity contribution in [2.45, 2.75) is 25.7 Å². The third kappa shape index (κ3) is 1.96. The predicted molar refractivity (Wildman–Crippen MR) is 113 cm³/mol. The Morgan fingerprint density at radius 2 is 1.79 bits per heavy atom. The Labute approximate surface area is 162 Å². The monoisotopic (exact) mass is 368 g/mol. The van der Waals surface area contributed by atoms with Crippen LogP contribution in [0, 0.1) is 0 Å². The molecule has 3 aromatic carbocycles. The van der Waals surface area contributed by atoms with Gasteiger partial charge in [-0.25, -0.2) is 4.98 Å². The van der Waals surface area contributed by atoms with Crippen LogP contribution in [0.1, 0.15) is 29.5 Å². The lowest BCUT2D eigenvalue weighted by Crippen LogP contribution is -2.02. The summed E-state index contributed by atoms with van der Waals surface area (Å²) in [6.45, 7) is 2.82. The first-order valence-electron chi connectivity index (χ1n) is 9.68. The molecule has 1 unspecified atom stereocenters. The standard InChI is InChI=1S/C23H20N4O/c1-11-10-28-21-18(11)16(9-17-20(21)22(24)27-23(25)26-17)14-8-7-13-6-5-12-3-2-4-15(14)19(12)13/h2-4,7-9,11H,5-6,10H2,1H3,(H4,24,25,26,27). The summed E-state index contributed by atoms with van der Waals surface area (Å²) >= 11 is 0. The van der Waals surface area contributed by atoms with Gasteiger partial charge in [-0.2, -0.15) is 4.98 Å². The van der Waals surface area contributed by atoms with Gasteiger partial charge in [0, 0.05) is 11.5 Å². The molecule has 0 bridgehead atoms. The van der Waals surface area contributed by atoms with Crippen LogP contribution in [-0.2, 0) is 12.8 Å². The summed E-state index contributed by atoms with van der Waals surface area (Å²) in [5, 5.41) is 3.47. The number of nitrogens with zero attached hydrogens (tertiary/aromatic N) is 2. The summed E-state index contributed by atoms with van der Waals surface area (Å²) in [6.07, 6.45) is 2.23. The van der Waals surface area contributed by atoms with Gasteiger partial charge >= 0.3 is 0 Å². The molecule has 0 spiro atoms. The van der Waals surface area contributed by atoms with Gasteiger partial charge in [-0.1, -0.05) is 37.3 Å². The lowest BCUT2D eigenvalue weighted by atomic mass is 9.87. The summed E-state index contributed by atoms with van der Waals surface area (Å²) in [6, 6.07) is 13.3. The van der Waals surface area contributed by atoms with Crippen LogP contribution in [0.5, 0.6) is 5.75 Å². The Kier molecular flexibility index (Phi) is 3.00. The van der Waals surface area contributed by atoms with Crippen LogP contribution in [0.2, 0.25) is 0 Å². The third-order valence-corrected chi connectivity index (χ3v) is 6.16. The van der Waals surface area contributed by atoms with E-state index in [4.69, 9.17) is 16.2 Å². The van der Waals surface area contributed by atoms with Gasteiger partial charge < -0.3 is 16.2 Å². The van der Waals surface area contributed by atoms with Crippen molar-refractivity contribution in [1.82, 2.24) is 9.97 Å². The van der Waals surface area contributed by atoms with E-state index in [0.29, 0.717) is 12.4 Å². The van der Waals surface area contributed by atoms with Crippen molar-refractivity contribution < 1.29 is 4.74 Å². The minimum absolute atomic E-state index is 0.183. The molecule has 1 aliphatic carbocycles. The molecule has 6 rings (SSSR count). The summed E-state index contributed by atoms with van der Waals surface area (Å²) in [5.41, 5.74) is 19.2. The number of anilines is 2. The van der Waals surface area contributed by atoms with Crippen molar-refractivity contribution in [2.24, 2.45) is 0 Å². The molecule has 0 saturated carbocycles. The lowest BCUT2D eigenvalue weighted by Gasteiger charge is -2.16. The fraction of sp³-hybridized carbons (Fsp3) is 0.217. The van der Waals surface area contributed by atoms with Gasteiger partial charge in [0.15, 0.2) is 0 Å². The fourth-order valence-corrected chi connectivity index (χ4v) is 4.96. The zero-order chi connectivity index (χ0) is 19.0. The highest BCUT2D eigenvalue weighted by Crippen LogP contribution is 2.48. The molecule has 1 atom stereocenters. The molecule has 2 aliphatic rings. The second kappa shape index (κ2) is 5.35. The Hall–Kier alpha value is -3.34. The van der Waals surface area contributed by atoms with Gasteiger partial charge in [-0.3, -0.25) is 0 Å². The Balaban J connectivity index is 1.76. The molecule has 5 heteroatoms. The molecule has 5 nitrogen and oxygen atoms in total. The number of nitrogens with two attached hydrogens (primary N) is 2. The van der Waals surface area contributed by atoms with Crippen LogP contribution >= 0.6 is 0 Å². The van der Waals surface area contributed by atoms with Crippen LogP contribution in [-0.4, -0.2) is 16.6 Å². The van der Waals surface area contributed by atoms with Crippen LogP contribution in [0.25, 0.3) is 32.8 Å². The molecule has 0 saturated heterocycles. The summed E-state index contributed by atoms with van der Waals surface area (Å²) in [4.78, 5) is 8.61. The van der Waals surface area contributed by atoms with Gasteiger partial charge in [0.1, 0.15) is 11.6 Å². The average Bonchev–Trinajstić information content (AvgIpc) is 3.27. The van der Waals surface area contributed by atoms with Crippen LogP contribution in [0.4, 0.5) is 11.8 Å². The molecule has 1 aliphatic heterocycles. The van der Waals surface area contributed by atoms with Crippen molar-refractivity contribution in [1.29, 1.82) is 0 Å². The normalized spacial score (nSPS) is 17.2. The molecule has 1 aromatic heterocycles. The van der Waals surface area contributed by atoms with Gasteiger partial charge in [-0.05, 0) is 51.9 Å². The molecule has 0 fully saturated rings. The molecular formula is C23H20N4O. The molecule has 28 heavy (non-hydrogen) atoms. The van der Waals surface area contributed by atoms with E-state index < -0.39 is 0 Å². The Morgan fingerprint density at radius 3 is 2.64 bits per heavy atom. The highest BCUT2D eigenvalue weighted by atomic mass is 16.5. The first-order chi connectivity index (χ1) is 13.6. The third-order valence-electron chi connectivity index (χ3n) is 6.16. The largest absolute Gasteiger partial charge is 0.492 e. The number of benzene rings is 3. The van der Waals surface area contributed by atoms with Gasteiger partial charge in [0.05, 0.1) is 17.5 Å². The maximum Gasteiger partial charge on any atom is 0.222 e. The molecule has 4 aromatic rings. The predicted octanol–water partition coefficient (Wildman–Crippen LogP) is 4.21. The van der Waals surface area contributed by atoms with E-state index in [1.807, 2.05) is 0 Å². The van der Waals surface area contributed by atoms with Crippen molar-refractivity contribution in [3.05, 3.63) is 53.1 Å². The average molecular weight is 368 g/mol. The van der Waals surface area contributed by atoms with E-state index in [2.05, 4.69) is 53.3 Å². The quantitative estimate of drug-likeness (QED) is 0.525. The zero-order valence-corrected chi connectivity index (χ0v) is 15.6. The topological polar surface area (TPSA) is 87.0 Å². The summed E-state index contributed by atoms with van der Waals surface area (Å²) in [5.74, 6) is 1.64. The first-order valence-corrected chi connectivity index (χ1v) is 9.68. The van der Waals surface area contributed by atoms with Gasteiger partial charge in [0.2, 0.25) is 5.95 Å². The fourth-order valence-electron chi connectivity index (χ4n) is 4.96. The SMILES string of the molecule is CC1COc2c1c(-c1ccc3c4c(cccc14)CC3)cc1nc(N)nc(N)c21. The number of hydrogen-bond donors (Lipinski definition) is 2. The molecule has 0 radical (unpaired) electrons. The molecule has 4 N–H and O–H groups in total. The highest BCUT2D eigenvalue weighted by molar-refractivity contribution is 6.06. The number of rotatable bonds is 1. The van der Waals surface area contributed by atoms with Crippen molar-refractivity contribution >= 4 is 33.4 Å². The zero-order valence-electron chi connectivity index (χ0n) is 15.6. The van der Waals surface area contributed by atoms with Crippen molar-refractivity contribution in [2.75, 3.05) is 18.1 Å². The van der Waals surface area contributed by atoms with E-state index in [9.17, 15) is 0 Å². The van der Waals surface area contributed by atoms with Gasteiger partial charge in [0.25, 0.3) is 0 Å². The number of fused-ring (bicyclic) bond motifs is 3. The highest BCUT2D eigenvalue weighted by Gasteiger charge is 2.30. The number of aryl methyl sites for hydroxylation is 2. The Morgan fingerprint density at radius 1 is 0.964 bits per heavy atom. The van der Waals surface area contributed by atoms with Crippen molar-refractivity contribution in [3.63, 3.8) is 0 Å². The van der Waals surface area contributed by atoms with Gasteiger partial charge in [-0.15, -0.1) is 0 Å². The number of hydrogen-bond acceptors (Lipinski definition) is 5. The number of aromatic nitrogens is 2. The van der Waals surface area contributed by atoms with Crippen molar-refractivity contribution in [3.8, 4) is 16.9 Å². The molecule has 2 heterocycles. The van der Waals surface area contributed by atoms with E-state index in [0.717, 1.165) is 35.1 Å². The van der Waals surface area contributed by atoms with Crippen LogP contribution in [0.3, 0.4) is 0 Å². The Bertz CT molecular complexity index is 1300. The minimum Gasteiger partial charge on any atom is -0.492 e. The smallest absolute Gasteiger partial charge is 0.222 e. The van der Waals surface area contributed by atoms with E-state index in [1.54, 1.807) is 0 Å². The molecule has 138 valence electrons. The maximum absolute atomic E-state index is 6.19.